The number of nitrogens with zero attached hydrogens (tertiary/aromatic N) is 4. The lowest BCUT2D eigenvalue weighted by molar-refractivity contribution is -0.119. The van der Waals surface area contributed by atoms with Crippen molar-refractivity contribution in [1.82, 2.24) is 19.8 Å². The van der Waals surface area contributed by atoms with Crippen LogP contribution in [0.1, 0.15) is 34.7 Å². The zero-order valence-electron chi connectivity index (χ0n) is 21.3. The predicted molar refractivity (Wildman–Crippen MR) is 132 cm³/mol. The van der Waals surface area contributed by atoms with Gasteiger partial charge in [-0.15, -0.1) is 0 Å². The van der Waals surface area contributed by atoms with E-state index in [0.29, 0.717) is 30.1 Å². The minimum Gasteiger partial charge on any atom is -0.491 e. The van der Waals surface area contributed by atoms with E-state index < -0.39 is 0 Å². The molecule has 1 aromatic carbocycles. The van der Waals surface area contributed by atoms with Gasteiger partial charge >= 0.3 is 0 Å². The van der Waals surface area contributed by atoms with Crippen LogP contribution >= 0.6 is 0 Å². The molecule has 3 atom stereocenters. The van der Waals surface area contributed by atoms with Crippen molar-refractivity contribution < 1.29 is 28.6 Å². The Hall–Kier alpha value is -3.57. The third-order valence-corrected chi connectivity index (χ3v) is 6.05. The molecule has 1 aliphatic rings. The van der Waals surface area contributed by atoms with E-state index in [4.69, 9.17) is 14.2 Å². The second-order valence-corrected chi connectivity index (χ2v) is 8.84. The fourth-order valence-electron chi connectivity index (χ4n) is 4.02. The van der Waals surface area contributed by atoms with E-state index in [1.54, 1.807) is 42.2 Å². The summed E-state index contributed by atoms with van der Waals surface area (Å²) < 4.78 is 16.7. The van der Waals surface area contributed by atoms with Crippen molar-refractivity contribution in [2.75, 3.05) is 52.9 Å². The highest BCUT2D eigenvalue weighted by Crippen LogP contribution is 2.27. The van der Waals surface area contributed by atoms with Crippen LogP contribution in [0.3, 0.4) is 0 Å². The summed E-state index contributed by atoms with van der Waals surface area (Å²) in [5, 5.41) is 2.72. The minimum absolute atomic E-state index is 0.0920. The van der Waals surface area contributed by atoms with E-state index in [0.717, 1.165) is 0 Å². The van der Waals surface area contributed by atoms with Gasteiger partial charge in [0.1, 0.15) is 24.7 Å². The van der Waals surface area contributed by atoms with Crippen LogP contribution in [0.5, 0.6) is 5.75 Å². The number of anilines is 1. The number of fused-ring (bicyclic) bond motifs is 1. The van der Waals surface area contributed by atoms with Crippen LogP contribution in [0.25, 0.3) is 0 Å². The molecule has 36 heavy (non-hydrogen) atoms. The number of carbonyl (C=O) groups is 3. The van der Waals surface area contributed by atoms with Crippen molar-refractivity contribution in [2.24, 2.45) is 5.92 Å². The van der Waals surface area contributed by atoms with Crippen molar-refractivity contribution in [3.05, 3.63) is 48.0 Å². The average molecular weight is 500 g/mol. The van der Waals surface area contributed by atoms with Crippen LogP contribution in [0.15, 0.2) is 36.8 Å². The van der Waals surface area contributed by atoms with Crippen molar-refractivity contribution >= 4 is 23.4 Å². The fourth-order valence-corrected chi connectivity index (χ4v) is 4.02. The predicted octanol–water partition coefficient (Wildman–Crippen LogP) is 1.71. The molecule has 11 heteroatoms. The van der Waals surface area contributed by atoms with Gasteiger partial charge in [-0.05, 0) is 19.1 Å². The van der Waals surface area contributed by atoms with Gasteiger partial charge in [-0.1, -0.05) is 6.92 Å². The van der Waals surface area contributed by atoms with Gasteiger partial charge in [-0.2, -0.15) is 0 Å². The Bertz CT molecular complexity index is 1070. The number of benzene rings is 1. The summed E-state index contributed by atoms with van der Waals surface area (Å²) in [6.45, 7) is 4.52. The van der Waals surface area contributed by atoms with E-state index >= 15 is 0 Å². The molecule has 3 amide bonds. The van der Waals surface area contributed by atoms with E-state index in [1.807, 2.05) is 13.8 Å². The van der Waals surface area contributed by atoms with Gasteiger partial charge in [-0.3, -0.25) is 19.4 Å². The highest BCUT2D eigenvalue weighted by atomic mass is 16.5. The second-order valence-electron chi connectivity index (χ2n) is 8.84. The molecule has 1 aromatic heterocycles. The Morgan fingerprint density at radius 2 is 1.97 bits per heavy atom. The first-order valence-corrected chi connectivity index (χ1v) is 11.7. The van der Waals surface area contributed by atoms with Crippen molar-refractivity contribution in [3.8, 4) is 5.75 Å². The number of likely N-dealkylation sites (N-methyl/N-ethyl adjacent to an activating group) is 1. The molecule has 0 unspecified atom stereocenters. The number of methoxy groups -OCH3 is 2. The van der Waals surface area contributed by atoms with Crippen molar-refractivity contribution in [1.29, 1.82) is 0 Å². The van der Waals surface area contributed by atoms with Gasteiger partial charge in [0.25, 0.3) is 11.8 Å². The van der Waals surface area contributed by atoms with Crippen LogP contribution in [0.4, 0.5) is 5.69 Å². The molecule has 0 radical (unpaired) electrons. The minimum atomic E-state index is -0.369. The molecule has 1 N–H and O–H groups in total. The number of carbonyl (C=O) groups excluding carboxylic acids is 3. The van der Waals surface area contributed by atoms with Crippen LogP contribution in [-0.2, 0) is 14.3 Å². The van der Waals surface area contributed by atoms with Gasteiger partial charge in [0.15, 0.2) is 0 Å². The molecule has 0 fully saturated rings. The fraction of sp³-hybridized carbons (Fsp3) is 0.480. The highest BCUT2D eigenvalue weighted by Gasteiger charge is 2.31. The molecule has 194 valence electrons. The quantitative estimate of drug-likeness (QED) is 0.660. The molecular formula is C25H33N5O6. The van der Waals surface area contributed by atoms with Gasteiger partial charge in [-0.25, -0.2) is 4.98 Å². The molecule has 3 rings (SSSR count). The number of hydrogen-bond acceptors (Lipinski definition) is 8. The van der Waals surface area contributed by atoms with Crippen LogP contribution < -0.4 is 10.1 Å². The van der Waals surface area contributed by atoms with Gasteiger partial charge in [0, 0.05) is 64.4 Å². The lowest BCUT2D eigenvalue weighted by Gasteiger charge is -2.35. The average Bonchev–Trinajstić information content (AvgIpc) is 2.88. The molecule has 2 heterocycles. The molecule has 0 spiro atoms. The summed E-state index contributed by atoms with van der Waals surface area (Å²) in [5.41, 5.74) is 1.03. The maximum atomic E-state index is 13.4. The molecule has 0 saturated heterocycles. The van der Waals surface area contributed by atoms with Gasteiger partial charge in [0.05, 0.1) is 23.9 Å². The molecular weight excluding hydrogens is 466 g/mol. The van der Waals surface area contributed by atoms with E-state index in [1.165, 1.54) is 25.7 Å². The Labute approximate surface area is 210 Å². The maximum Gasteiger partial charge on any atom is 0.274 e. The molecule has 0 saturated carbocycles. The number of hydrogen-bond donors (Lipinski definition) is 1. The first-order chi connectivity index (χ1) is 17.2. The first kappa shape index (κ1) is 27.0. The summed E-state index contributed by atoms with van der Waals surface area (Å²) in [7, 11) is 4.71. The molecule has 1 aliphatic heterocycles. The zero-order chi connectivity index (χ0) is 26.2. The Balaban J connectivity index is 1.97. The molecule has 11 nitrogen and oxygen atoms in total. The topological polar surface area (TPSA) is 123 Å². The third kappa shape index (κ3) is 6.55. The number of nitrogens with one attached hydrogen (secondary N) is 1. The smallest absolute Gasteiger partial charge is 0.274 e. The van der Waals surface area contributed by atoms with Gasteiger partial charge in [0.2, 0.25) is 5.91 Å². The molecule has 2 aromatic rings. The summed E-state index contributed by atoms with van der Waals surface area (Å²) in [6, 6.07) is 4.47. The number of ether oxygens (including phenoxy) is 3. The SMILES string of the molecule is COCC(=O)Nc1ccc2c(c1)OC[C@@H](C)N(C(=O)c1cnccn1)C[C@@H](C)[C@@H](OC)CN(C)C2=O. The Kier molecular flexibility index (Phi) is 9.31. The number of rotatable bonds is 5. The normalized spacial score (nSPS) is 21.0. The number of amides is 3. The standard InChI is InChI=1S/C25H33N5O6/c1-16-12-30(25(33)20-11-26-8-9-27-20)17(2)14-36-21-10-18(28-23(31)15-34-4)6-7-19(21)24(32)29(3)13-22(16)35-5/h6-11,16-17,22H,12-15H2,1-5H3,(H,28,31)/t16-,17-,22+/m1/s1. The van der Waals surface area contributed by atoms with Crippen LogP contribution in [-0.4, -0.2) is 97.2 Å². The maximum absolute atomic E-state index is 13.4. The molecule has 0 aliphatic carbocycles. The third-order valence-electron chi connectivity index (χ3n) is 6.05. The van der Waals surface area contributed by atoms with E-state index in [2.05, 4.69) is 15.3 Å². The summed E-state index contributed by atoms with van der Waals surface area (Å²) in [4.78, 5) is 50.1. The first-order valence-electron chi connectivity index (χ1n) is 11.7. The second kappa shape index (κ2) is 12.4. The monoisotopic (exact) mass is 499 g/mol. The Morgan fingerprint density at radius 3 is 2.64 bits per heavy atom. The Morgan fingerprint density at radius 1 is 1.19 bits per heavy atom. The lowest BCUT2D eigenvalue weighted by atomic mass is 10.0. The summed E-state index contributed by atoms with van der Waals surface area (Å²) in [5.74, 6) is -0.646. The highest BCUT2D eigenvalue weighted by molar-refractivity contribution is 5.98. The van der Waals surface area contributed by atoms with Crippen molar-refractivity contribution in [3.63, 3.8) is 0 Å². The lowest BCUT2D eigenvalue weighted by Crippen LogP contribution is -2.48. The largest absolute Gasteiger partial charge is 0.491 e. The zero-order valence-corrected chi connectivity index (χ0v) is 21.3. The van der Waals surface area contributed by atoms with Crippen LogP contribution in [0, 0.1) is 5.92 Å². The van der Waals surface area contributed by atoms with E-state index in [-0.39, 0.29) is 54.7 Å². The number of aromatic nitrogens is 2. The van der Waals surface area contributed by atoms with Crippen molar-refractivity contribution in [2.45, 2.75) is 26.0 Å². The molecule has 0 bridgehead atoms. The summed E-state index contributed by atoms with van der Waals surface area (Å²) >= 11 is 0. The van der Waals surface area contributed by atoms with Crippen LogP contribution in [0.2, 0.25) is 0 Å². The van der Waals surface area contributed by atoms with Gasteiger partial charge < -0.3 is 29.3 Å². The van der Waals surface area contributed by atoms with E-state index in [9.17, 15) is 14.4 Å². The summed E-state index contributed by atoms with van der Waals surface area (Å²) in [6.07, 6.45) is 4.10.